The highest BCUT2D eigenvalue weighted by atomic mass is 31.2. The maximum Gasteiger partial charge on any atom is 0.472 e. The van der Waals surface area contributed by atoms with Gasteiger partial charge in [-0.25, -0.2) is 9.13 Å². The molecule has 0 aliphatic heterocycles. The predicted molar refractivity (Wildman–Crippen MR) is 390 cm³/mol. The van der Waals surface area contributed by atoms with Crippen LogP contribution in [0.1, 0.15) is 336 Å². The summed E-state index contributed by atoms with van der Waals surface area (Å²) in [7, 11) is -9.95. The van der Waals surface area contributed by atoms with Gasteiger partial charge in [0.05, 0.1) is 26.4 Å². The van der Waals surface area contributed by atoms with Gasteiger partial charge in [-0.2, -0.15) is 0 Å². The van der Waals surface area contributed by atoms with Crippen LogP contribution in [-0.4, -0.2) is 96.7 Å². The Bertz CT molecular complexity index is 2110. The summed E-state index contributed by atoms with van der Waals surface area (Å²) < 4.78 is 68.4. The zero-order chi connectivity index (χ0) is 70.4. The van der Waals surface area contributed by atoms with Crippen molar-refractivity contribution in [1.82, 2.24) is 0 Å². The molecule has 0 fully saturated rings. The smallest absolute Gasteiger partial charge is 0.462 e. The van der Waals surface area contributed by atoms with Gasteiger partial charge in [0.15, 0.2) is 12.2 Å². The molecular weight excluding hydrogens is 1260 g/mol. The lowest BCUT2D eigenvalue weighted by Gasteiger charge is -2.21. The molecule has 0 aromatic heterocycles. The second-order valence-corrected chi connectivity index (χ2v) is 28.5. The van der Waals surface area contributed by atoms with Crippen LogP contribution in [0.25, 0.3) is 0 Å². The average Bonchev–Trinajstić information content (AvgIpc) is 1.17. The number of phosphoric acid groups is 2. The number of allylic oxidation sites excluding steroid dienone is 12. The molecule has 3 N–H and O–H groups in total. The minimum absolute atomic E-state index is 0.0868. The third-order valence-corrected chi connectivity index (χ3v) is 18.1. The van der Waals surface area contributed by atoms with E-state index in [0.717, 1.165) is 122 Å². The van der Waals surface area contributed by atoms with Gasteiger partial charge in [0, 0.05) is 25.7 Å². The standard InChI is InChI=1S/C77H138O17P2/c1-5-9-13-17-21-25-29-32-34-35-37-40-43-46-50-54-58-62-75(80)88-68-73(94-77(82)64-60-56-52-48-44-38-31-27-23-19-15-11-7-3)70-92-96(85,86)90-66-71(78)65-89-95(83,84)91-69-72(93-76(81)63-59-55-51-47-41-28-24-20-16-12-8-4)67-87-74(79)61-57-53-49-45-42-39-36-33-30-26-22-18-14-10-6-2/h9,13,21,25,32-34,36-37,40,46,50,71-73,78H,5-8,10-12,14-20,22-24,26-31,35,38-39,41-45,47-49,51-70H2,1-4H3,(H,83,84)(H,85,86)/b13-9-,25-21-,34-32-,36-33-,40-37-,50-46-. The summed E-state index contributed by atoms with van der Waals surface area (Å²) in [6.07, 6.45) is 69.0. The molecule has 5 unspecified atom stereocenters. The van der Waals surface area contributed by atoms with E-state index in [1.807, 2.05) is 12.2 Å². The van der Waals surface area contributed by atoms with Crippen LogP contribution in [0.5, 0.6) is 0 Å². The molecule has 0 aromatic rings. The van der Waals surface area contributed by atoms with E-state index >= 15 is 0 Å². The molecule has 0 aliphatic carbocycles. The first kappa shape index (κ1) is 92.5. The Morgan fingerprint density at radius 1 is 0.302 bits per heavy atom. The van der Waals surface area contributed by atoms with Crippen molar-refractivity contribution in [3.63, 3.8) is 0 Å². The lowest BCUT2D eigenvalue weighted by molar-refractivity contribution is -0.161. The Hall–Kier alpha value is -3.50. The van der Waals surface area contributed by atoms with Crippen molar-refractivity contribution in [3.8, 4) is 0 Å². The fourth-order valence-electron chi connectivity index (χ4n) is 10.4. The second kappa shape index (κ2) is 70.0. The molecule has 0 amide bonds. The van der Waals surface area contributed by atoms with Crippen molar-refractivity contribution in [3.05, 3.63) is 72.9 Å². The van der Waals surface area contributed by atoms with Gasteiger partial charge in [-0.1, -0.05) is 293 Å². The van der Waals surface area contributed by atoms with Crippen molar-refractivity contribution in [1.29, 1.82) is 0 Å². The first-order valence-electron chi connectivity index (χ1n) is 38.2. The van der Waals surface area contributed by atoms with Gasteiger partial charge < -0.3 is 33.8 Å². The van der Waals surface area contributed by atoms with E-state index in [0.29, 0.717) is 32.1 Å². The van der Waals surface area contributed by atoms with Crippen molar-refractivity contribution < 1.29 is 80.2 Å². The van der Waals surface area contributed by atoms with Gasteiger partial charge in [-0.15, -0.1) is 0 Å². The molecule has 96 heavy (non-hydrogen) atoms. The number of ether oxygens (including phenoxy) is 4. The lowest BCUT2D eigenvalue weighted by atomic mass is 10.0. The van der Waals surface area contributed by atoms with E-state index < -0.39 is 97.5 Å². The molecule has 0 aliphatic rings. The van der Waals surface area contributed by atoms with Crippen LogP contribution in [0.4, 0.5) is 0 Å². The molecule has 19 heteroatoms. The molecule has 0 spiro atoms. The molecule has 0 radical (unpaired) electrons. The van der Waals surface area contributed by atoms with Crippen molar-refractivity contribution >= 4 is 39.5 Å². The van der Waals surface area contributed by atoms with Crippen LogP contribution < -0.4 is 0 Å². The van der Waals surface area contributed by atoms with Crippen LogP contribution in [0, 0.1) is 0 Å². The summed E-state index contributed by atoms with van der Waals surface area (Å²) in [6.45, 7) is 4.72. The normalized spacial score (nSPS) is 14.4. The first-order valence-corrected chi connectivity index (χ1v) is 41.2. The highest BCUT2D eigenvalue weighted by molar-refractivity contribution is 7.47. The molecule has 0 rings (SSSR count). The van der Waals surface area contributed by atoms with Gasteiger partial charge in [-0.05, 0) is 89.9 Å². The fourth-order valence-corrected chi connectivity index (χ4v) is 11.9. The lowest BCUT2D eigenvalue weighted by Crippen LogP contribution is -2.30. The van der Waals surface area contributed by atoms with Gasteiger partial charge in [0.2, 0.25) is 0 Å². The Labute approximate surface area is 583 Å². The van der Waals surface area contributed by atoms with E-state index in [1.54, 1.807) is 0 Å². The number of hydrogen-bond acceptors (Lipinski definition) is 15. The minimum Gasteiger partial charge on any atom is -0.462 e. The largest absolute Gasteiger partial charge is 0.472 e. The maximum atomic E-state index is 13.1. The second-order valence-electron chi connectivity index (χ2n) is 25.6. The molecule has 0 saturated heterocycles. The van der Waals surface area contributed by atoms with Crippen LogP contribution in [-0.2, 0) is 65.4 Å². The zero-order valence-electron chi connectivity index (χ0n) is 60.8. The summed E-state index contributed by atoms with van der Waals surface area (Å²) in [5.74, 6) is -2.22. The Balaban J connectivity index is 5.34. The number of carbonyl (C=O) groups excluding carboxylic acids is 4. The average molecular weight is 1400 g/mol. The van der Waals surface area contributed by atoms with E-state index in [9.17, 15) is 43.2 Å². The van der Waals surface area contributed by atoms with Crippen LogP contribution >= 0.6 is 15.6 Å². The number of aliphatic hydroxyl groups excluding tert-OH is 1. The molecule has 17 nitrogen and oxygen atoms in total. The Morgan fingerprint density at radius 2 is 0.552 bits per heavy atom. The minimum atomic E-state index is -4.98. The molecule has 0 bridgehead atoms. The van der Waals surface area contributed by atoms with Crippen LogP contribution in [0.3, 0.4) is 0 Å². The summed E-state index contributed by atoms with van der Waals surface area (Å²) >= 11 is 0. The Kier molecular flexibility index (Phi) is 67.4. The number of hydrogen-bond donors (Lipinski definition) is 3. The number of carbonyl (C=O) groups is 4. The third kappa shape index (κ3) is 69.0. The van der Waals surface area contributed by atoms with E-state index in [1.165, 1.54) is 128 Å². The monoisotopic (exact) mass is 1400 g/mol. The molecule has 5 atom stereocenters. The maximum absolute atomic E-state index is 13.1. The number of rotatable bonds is 72. The van der Waals surface area contributed by atoms with Crippen molar-refractivity contribution in [2.45, 2.75) is 354 Å². The fraction of sp³-hybridized carbons (Fsp3) is 0.792. The molecular formula is C77H138O17P2. The molecule has 0 heterocycles. The van der Waals surface area contributed by atoms with E-state index in [-0.39, 0.29) is 25.7 Å². The van der Waals surface area contributed by atoms with E-state index in [4.69, 9.17) is 37.0 Å². The Morgan fingerprint density at radius 3 is 0.885 bits per heavy atom. The van der Waals surface area contributed by atoms with Gasteiger partial charge in [-0.3, -0.25) is 37.3 Å². The highest BCUT2D eigenvalue weighted by Gasteiger charge is 2.30. The summed E-state index contributed by atoms with van der Waals surface area (Å²) in [5, 5.41) is 10.6. The third-order valence-electron chi connectivity index (χ3n) is 16.2. The number of aliphatic hydroxyl groups is 1. The number of phosphoric ester groups is 2. The van der Waals surface area contributed by atoms with Crippen molar-refractivity contribution in [2.75, 3.05) is 39.6 Å². The predicted octanol–water partition coefficient (Wildman–Crippen LogP) is 21.7. The summed E-state index contributed by atoms with van der Waals surface area (Å²) in [4.78, 5) is 72.7. The van der Waals surface area contributed by atoms with Gasteiger partial charge in [0.25, 0.3) is 0 Å². The number of unbranched alkanes of at least 4 members (excludes halogenated alkanes) is 34. The van der Waals surface area contributed by atoms with Crippen molar-refractivity contribution in [2.24, 2.45) is 0 Å². The van der Waals surface area contributed by atoms with Gasteiger partial charge in [0.1, 0.15) is 19.3 Å². The topological polar surface area (TPSA) is 237 Å². The number of esters is 4. The molecule has 0 saturated carbocycles. The summed E-state index contributed by atoms with van der Waals surface area (Å²) in [6, 6.07) is 0. The molecule has 0 aromatic carbocycles. The molecule has 558 valence electrons. The van der Waals surface area contributed by atoms with Crippen LogP contribution in [0.15, 0.2) is 72.9 Å². The quantitative estimate of drug-likeness (QED) is 0.0169. The van der Waals surface area contributed by atoms with E-state index in [2.05, 4.69) is 88.5 Å². The highest BCUT2D eigenvalue weighted by Crippen LogP contribution is 2.45. The SMILES string of the molecule is CC/C=C\C/C=C\C/C=C\C/C=C\C/C=C\CCCC(=O)OCC(COP(=O)(O)OCC(O)COP(=O)(O)OCC(COC(=O)CCCCCCC/C=C\CCCCCCCC)OC(=O)CCCCCCCCCCCCC)OC(=O)CCCCCCCCCCCCCCC. The zero-order valence-corrected chi connectivity index (χ0v) is 62.6. The first-order chi connectivity index (χ1) is 46.7. The van der Waals surface area contributed by atoms with Crippen LogP contribution in [0.2, 0.25) is 0 Å². The summed E-state index contributed by atoms with van der Waals surface area (Å²) in [5.41, 5.74) is 0. The van der Waals surface area contributed by atoms with Gasteiger partial charge >= 0.3 is 39.5 Å².